The summed E-state index contributed by atoms with van der Waals surface area (Å²) in [6.45, 7) is 1.82. The predicted octanol–water partition coefficient (Wildman–Crippen LogP) is 3.87. The quantitative estimate of drug-likeness (QED) is 0.372. The van der Waals surface area contributed by atoms with Crippen LogP contribution in [0.2, 0.25) is 0 Å². The lowest BCUT2D eigenvalue weighted by molar-refractivity contribution is -0.116. The minimum absolute atomic E-state index is 0.0448. The maximum absolute atomic E-state index is 12.5. The minimum atomic E-state index is -3.77. The summed E-state index contributed by atoms with van der Waals surface area (Å²) in [4.78, 5) is 12.3. The maximum atomic E-state index is 12.5. The van der Waals surface area contributed by atoms with Crippen molar-refractivity contribution in [1.82, 2.24) is 4.72 Å². The molecular formula is C22H22BrN3O5S2. The lowest BCUT2D eigenvalue weighted by atomic mass is 10.2. The summed E-state index contributed by atoms with van der Waals surface area (Å²) in [7, 11) is -7.49. The SMILES string of the molecule is Cc1ccc(NS(=O)(=O)c2ccc(NC(=O)CCNS(=O)(=O)c3ccc(Br)cc3)cc2)cc1. The van der Waals surface area contributed by atoms with E-state index in [1.165, 1.54) is 36.4 Å². The second-order valence-electron chi connectivity index (χ2n) is 7.15. The van der Waals surface area contributed by atoms with Crippen LogP contribution in [-0.2, 0) is 24.8 Å². The zero-order valence-corrected chi connectivity index (χ0v) is 20.8. The fourth-order valence-electron chi connectivity index (χ4n) is 2.77. The van der Waals surface area contributed by atoms with Gasteiger partial charge in [-0.05, 0) is 67.6 Å². The molecule has 3 aromatic carbocycles. The van der Waals surface area contributed by atoms with E-state index in [1.807, 2.05) is 6.92 Å². The third kappa shape index (κ3) is 7.13. The van der Waals surface area contributed by atoms with Crippen LogP contribution in [0.5, 0.6) is 0 Å². The van der Waals surface area contributed by atoms with E-state index in [0.717, 1.165) is 10.0 Å². The fraction of sp³-hybridized carbons (Fsp3) is 0.136. The van der Waals surface area contributed by atoms with Gasteiger partial charge in [-0.2, -0.15) is 0 Å². The van der Waals surface area contributed by atoms with Crippen molar-refractivity contribution in [2.75, 3.05) is 16.6 Å². The van der Waals surface area contributed by atoms with Crippen molar-refractivity contribution in [1.29, 1.82) is 0 Å². The molecule has 0 aliphatic heterocycles. The molecule has 0 saturated carbocycles. The first-order valence-corrected chi connectivity index (χ1v) is 13.6. The van der Waals surface area contributed by atoms with E-state index in [2.05, 4.69) is 30.7 Å². The first kappa shape index (κ1) is 24.9. The number of halogens is 1. The number of hydrogen-bond acceptors (Lipinski definition) is 5. The van der Waals surface area contributed by atoms with Crippen LogP contribution >= 0.6 is 15.9 Å². The number of benzene rings is 3. The number of nitrogens with one attached hydrogen (secondary N) is 3. The van der Waals surface area contributed by atoms with Gasteiger partial charge in [0, 0.05) is 28.8 Å². The topological polar surface area (TPSA) is 121 Å². The van der Waals surface area contributed by atoms with Crippen LogP contribution in [0.15, 0.2) is 87.1 Å². The highest BCUT2D eigenvalue weighted by atomic mass is 79.9. The smallest absolute Gasteiger partial charge is 0.261 e. The number of amides is 1. The molecule has 0 unspecified atom stereocenters. The number of rotatable bonds is 9. The van der Waals surface area contributed by atoms with Crippen LogP contribution in [0.4, 0.5) is 11.4 Å². The molecule has 0 radical (unpaired) electrons. The molecule has 0 aromatic heterocycles. The zero-order chi connectivity index (χ0) is 24.1. The molecule has 11 heteroatoms. The number of aryl methyl sites for hydroxylation is 1. The Morgan fingerprint density at radius 3 is 1.88 bits per heavy atom. The Morgan fingerprint density at radius 2 is 1.27 bits per heavy atom. The first-order valence-electron chi connectivity index (χ1n) is 9.80. The molecule has 0 bridgehead atoms. The normalized spacial score (nSPS) is 11.7. The van der Waals surface area contributed by atoms with Crippen LogP contribution < -0.4 is 14.8 Å². The Balaban J connectivity index is 1.53. The van der Waals surface area contributed by atoms with Crippen molar-refractivity contribution in [3.05, 3.63) is 82.8 Å². The second kappa shape index (κ2) is 10.5. The highest BCUT2D eigenvalue weighted by Gasteiger charge is 2.16. The Labute approximate surface area is 201 Å². The zero-order valence-electron chi connectivity index (χ0n) is 17.6. The first-order chi connectivity index (χ1) is 15.5. The van der Waals surface area contributed by atoms with Crippen molar-refractivity contribution in [2.45, 2.75) is 23.1 Å². The molecule has 174 valence electrons. The van der Waals surface area contributed by atoms with Crippen LogP contribution in [0, 0.1) is 6.92 Å². The number of carbonyl (C=O) groups excluding carboxylic acids is 1. The molecular weight excluding hydrogens is 530 g/mol. The molecule has 0 spiro atoms. The Kier molecular flexibility index (Phi) is 7.90. The largest absolute Gasteiger partial charge is 0.326 e. The number of hydrogen-bond donors (Lipinski definition) is 3. The van der Waals surface area contributed by atoms with Gasteiger partial charge in [-0.1, -0.05) is 33.6 Å². The van der Waals surface area contributed by atoms with Gasteiger partial charge in [0.2, 0.25) is 15.9 Å². The third-order valence-electron chi connectivity index (χ3n) is 4.52. The van der Waals surface area contributed by atoms with E-state index in [1.54, 1.807) is 36.4 Å². The Hall–Kier alpha value is -2.73. The predicted molar refractivity (Wildman–Crippen MR) is 131 cm³/mol. The highest BCUT2D eigenvalue weighted by molar-refractivity contribution is 9.10. The Bertz CT molecular complexity index is 1320. The standard InChI is InChI=1S/C22H22BrN3O5S2/c1-16-2-6-19(7-3-16)26-33(30,31)21-12-8-18(9-13-21)25-22(27)14-15-24-32(28,29)20-10-4-17(23)5-11-20/h2-13,24,26H,14-15H2,1H3,(H,25,27). The fourth-order valence-corrected chi connectivity index (χ4v) is 5.13. The minimum Gasteiger partial charge on any atom is -0.326 e. The van der Waals surface area contributed by atoms with E-state index in [-0.39, 0.29) is 22.8 Å². The average molecular weight is 552 g/mol. The van der Waals surface area contributed by atoms with Crippen molar-refractivity contribution in [2.24, 2.45) is 0 Å². The Morgan fingerprint density at radius 1 is 0.758 bits per heavy atom. The maximum Gasteiger partial charge on any atom is 0.261 e. The van der Waals surface area contributed by atoms with Crippen LogP contribution in [0.1, 0.15) is 12.0 Å². The van der Waals surface area contributed by atoms with E-state index in [4.69, 9.17) is 0 Å². The lowest BCUT2D eigenvalue weighted by Crippen LogP contribution is -2.27. The van der Waals surface area contributed by atoms with Crippen LogP contribution in [-0.4, -0.2) is 29.3 Å². The van der Waals surface area contributed by atoms with Gasteiger partial charge in [0.15, 0.2) is 0 Å². The number of sulfonamides is 2. The van der Waals surface area contributed by atoms with Crippen LogP contribution in [0.25, 0.3) is 0 Å². The summed E-state index contributed by atoms with van der Waals surface area (Å²) in [5.41, 5.74) is 1.85. The molecule has 0 atom stereocenters. The van der Waals surface area contributed by atoms with Gasteiger partial charge in [-0.3, -0.25) is 9.52 Å². The molecule has 3 N–H and O–H groups in total. The van der Waals surface area contributed by atoms with Gasteiger partial charge < -0.3 is 5.32 Å². The summed E-state index contributed by atoms with van der Waals surface area (Å²) in [6, 6.07) is 18.8. The number of anilines is 2. The summed E-state index contributed by atoms with van der Waals surface area (Å²) in [5.74, 6) is -0.415. The average Bonchev–Trinajstić information content (AvgIpc) is 2.76. The number of carbonyl (C=O) groups is 1. The molecule has 0 aliphatic rings. The van der Waals surface area contributed by atoms with Crippen molar-refractivity contribution >= 4 is 53.3 Å². The lowest BCUT2D eigenvalue weighted by Gasteiger charge is -2.10. The molecule has 1 amide bonds. The van der Waals surface area contributed by atoms with E-state index < -0.39 is 26.0 Å². The van der Waals surface area contributed by atoms with Gasteiger partial charge in [0.05, 0.1) is 9.79 Å². The van der Waals surface area contributed by atoms with E-state index in [0.29, 0.717) is 11.4 Å². The molecule has 0 aliphatic carbocycles. The molecule has 3 aromatic rings. The van der Waals surface area contributed by atoms with Crippen LogP contribution in [0.3, 0.4) is 0 Å². The highest BCUT2D eigenvalue weighted by Crippen LogP contribution is 2.19. The van der Waals surface area contributed by atoms with E-state index >= 15 is 0 Å². The summed E-state index contributed by atoms with van der Waals surface area (Å²) >= 11 is 3.24. The van der Waals surface area contributed by atoms with Crippen molar-refractivity contribution in [3.8, 4) is 0 Å². The molecule has 3 rings (SSSR count). The third-order valence-corrected chi connectivity index (χ3v) is 7.92. The van der Waals surface area contributed by atoms with Gasteiger partial charge in [0.25, 0.3) is 10.0 Å². The van der Waals surface area contributed by atoms with Gasteiger partial charge in [-0.25, -0.2) is 21.6 Å². The molecule has 0 saturated heterocycles. The van der Waals surface area contributed by atoms with Crippen molar-refractivity contribution in [3.63, 3.8) is 0 Å². The molecule has 33 heavy (non-hydrogen) atoms. The molecule has 0 fully saturated rings. The van der Waals surface area contributed by atoms with Gasteiger partial charge in [-0.15, -0.1) is 0 Å². The van der Waals surface area contributed by atoms with Gasteiger partial charge in [0.1, 0.15) is 0 Å². The monoisotopic (exact) mass is 551 g/mol. The molecule has 8 nitrogen and oxygen atoms in total. The summed E-state index contributed by atoms with van der Waals surface area (Å²) in [6.07, 6.45) is -0.0925. The van der Waals surface area contributed by atoms with Gasteiger partial charge >= 0.3 is 0 Å². The van der Waals surface area contributed by atoms with E-state index in [9.17, 15) is 21.6 Å². The second-order valence-corrected chi connectivity index (χ2v) is 11.5. The molecule has 0 heterocycles. The summed E-state index contributed by atoms with van der Waals surface area (Å²) in [5, 5.41) is 2.61. The summed E-state index contributed by atoms with van der Waals surface area (Å²) < 4.78 is 55.2. The van der Waals surface area contributed by atoms with Crippen molar-refractivity contribution < 1.29 is 21.6 Å².